The average Bonchev–Trinajstić information content (AvgIpc) is 3.78. The number of hydrogen-bond donors (Lipinski definition) is 0. The molecule has 0 saturated heterocycles. The summed E-state index contributed by atoms with van der Waals surface area (Å²) in [5.74, 6) is 1.83. The molecule has 4 nitrogen and oxygen atoms in total. The topological polar surface area (TPSA) is 51.8 Å². The molecule has 1 spiro atoms. The van der Waals surface area contributed by atoms with Gasteiger partial charge < -0.3 is 4.42 Å². The van der Waals surface area contributed by atoms with Crippen LogP contribution in [0.4, 0.5) is 0 Å². The molecule has 2 aliphatic carbocycles. The number of nitrogens with zero attached hydrogens (tertiary/aromatic N) is 3. The van der Waals surface area contributed by atoms with Crippen LogP contribution in [-0.2, 0) is 5.41 Å². The van der Waals surface area contributed by atoms with E-state index in [4.69, 9.17) is 19.4 Å². The third kappa shape index (κ3) is 5.16. The predicted molar refractivity (Wildman–Crippen MR) is 224 cm³/mol. The molecule has 0 atom stereocenters. The Morgan fingerprint density at radius 3 is 1.84 bits per heavy atom. The molecule has 0 radical (unpaired) electrons. The summed E-state index contributed by atoms with van der Waals surface area (Å²) < 4.78 is 6.41. The summed E-state index contributed by atoms with van der Waals surface area (Å²) in [7, 11) is 0. The summed E-state index contributed by atoms with van der Waals surface area (Å²) in [6.45, 7) is 0. The van der Waals surface area contributed by atoms with Crippen LogP contribution < -0.4 is 0 Å². The van der Waals surface area contributed by atoms with E-state index in [9.17, 15) is 0 Å². The van der Waals surface area contributed by atoms with Crippen LogP contribution in [0.15, 0.2) is 168 Å². The molecule has 4 heteroatoms. The predicted octanol–water partition coefficient (Wildman–Crippen LogP) is 13.3. The van der Waals surface area contributed by atoms with Gasteiger partial charge in [-0.05, 0) is 75.5 Å². The Labute approximate surface area is 320 Å². The van der Waals surface area contributed by atoms with Crippen molar-refractivity contribution in [3.63, 3.8) is 0 Å². The van der Waals surface area contributed by atoms with Crippen LogP contribution in [-0.4, -0.2) is 15.0 Å². The van der Waals surface area contributed by atoms with Gasteiger partial charge in [-0.3, -0.25) is 0 Å². The summed E-state index contributed by atoms with van der Waals surface area (Å²) in [6.07, 6.45) is 6.31. The molecule has 11 rings (SSSR count). The van der Waals surface area contributed by atoms with Gasteiger partial charge >= 0.3 is 0 Å². The molecule has 9 aromatic rings. The first kappa shape index (κ1) is 31.8. The number of para-hydroxylation sites is 2. The molecule has 1 fully saturated rings. The minimum Gasteiger partial charge on any atom is -0.455 e. The molecular weight excluding hydrogens is 671 g/mol. The summed E-state index contributed by atoms with van der Waals surface area (Å²) in [5.41, 5.74) is 15.3. The van der Waals surface area contributed by atoms with E-state index in [-0.39, 0.29) is 5.41 Å². The van der Waals surface area contributed by atoms with Crippen molar-refractivity contribution >= 4 is 21.9 Å². The lowest BCUT2D eigenvalue weighted by atomic mass is 9.66. The lowest BCUT2D eigenvalue weighted by Crippen LogP contribution is -2.28. The molecule has 0 bridgehead atoms. The minimum absolute atomic E-state index is 0.0936. The molecule has 262 valence electrons. The molecule has 55 heavy (non-hydrogen) atoms. The van der Waals surface area contributed by atoms with Gasteiger partial charge in [0.05, 0.1) is 5.56 Å². The lowest BCUT2D eigenvalue weighted by Gasteiger charge is -2.37. The Balaban J connectivity index is 0.988. The van der Waals surface area contributed by atoms with Crippen LogP contribution in [0.25, 0.3) is 89.5 Å². The second kappa shape index (κ2) is 12.7. The Kier molecular flexibility index (Phi) is 7.38. The second-order valence-corrected chi connectivity index (χ2v) is 15.0. The summed E-state index contributed by atoms with van der Waals surface area (Å²) in [4.78, 5) is 15.1. The van der Waals surface area contributed by atoms with E-state index >= 15 is 0 Å². The molecule has 0 aliphatic heterocycles. The number of benzene rings is 7. The van der Waals surface area contributed by atoms with Gasteiger partial charge in [0.1, 0.15) is 11.2 Å². The van der Waals surface area contributed by atoms with Crippen molar-refractivity contribution in [2.24, 2.45) is 0 Å². The highest BCUT2D eigenvalue weighted by Crippen LogP contribution is 2.58. The van der Waals surface area contributed by atoms with E-state index in [2.05, 4.69) is 103 Å². The van der Waals surface area contributed by atoms with Gasteiger partial charge in [-0.1, -0.05) is 165 Å². The lowest BCUT2D eigenvalue weighted by molar-refractivity contribution is 0.353. The van der Waals surface area contributed by atoms with Crippen molar-refractivity contribution in [1.82, 2.24) is 15.0 Å². The first-order valence-corrected chi connectivity index (χ1v) is 19.4. The van der Waals surface area contributed by atoms with Crippen LogP contribution in [0.3, 0.4) is 0 Å². The zero-order chi connectivity index (χ0) is 36.3. The van der Waals surface area contributed by atoms with Crippen LogP contribution in [0, 0.1) is 0 Å². The van der Waals surface area contributed by atoms with Gasteiger partial charge in [0.25, 0.3) is 0 Å². The van der Waals surface area contributed by atoms with Crippen molar-refractivity contribution in [1.29, 1.82) is 0 Å². The van der Waals surface area contributed by atoms with Crippen LogP contribution in [0.2, 0.25) is 0 Å². The Morgan fingerprint density at radius 1 is 0.400 bits per heavy atom. The number of fused-ring (bicyclic) bond motifs is 8. The first-order chi connectivity index (χ1) is 27.2. The largest absolute Gasteiger partial charge is 0.455 e. The Bertz CT molecular complexity index is 2900. The molecule has 0 unspecified atom stereocenters. The maximum Gasteiger partial charge on any atom is 0.167 e. The van der Waals surface area contributed by atoms with Gasteiger partial charge in [0.15, 0.2) is 17.5 Å². The van der Waals surface area contributed by atoms with Crippen molar-refractivity contribution in [3.8, 4) is 67.5 Å². The highest BCUT2D eigenvalue weighted by molar-refractivity contribution is 6.09. The van der Waals surface area contributed by atoms with E-state index in [1.165, 1.54) is 71.0 Å². The smallest absolute Gasteiger partial charge is 0.167 e. The third-order valence-corrected chi connectivity index (χ3v) is 11.9. The van der Waals surface area contributed by atoms with Crippen molar-refractivity contribution in [3.05, 3.63) is 175 Å². The van der Waals surface area contributed by atoms with E-state index < -0.39 is 0 Å². The summed E-state index contributed by atoms with van der Waals surface area (Å²) >= 11 is 0. The molecule has 2 heterocycles. The fourth-order valence-electron chi connectivity index (χ4n) is 9.42. The molecule has 1 saturated carbocycles. The monoisotopic (exact) mass is 707 g/mol. The van der Waals surface area contributed by atoms with E-state index in [0.717, 1.165) is 44.2 Å². The van der Waals surface area contributed by atoms with E-state index in [0.29, 0.717) is 17.5 Å². The van der Waals surface area contributed by atoms with Gasteiger partial charge in [0.2, 0.25) is 0 Å². The molecule has 7 aromatic carbocycles. The van der Waals surface area contributed by atoms with Crippen LogP contribution in [0.1, 0.15) is 43.2 Å². The Morgan fingerprint density at radius 2 is 0.982 bits per heavy atom. The second-order valence-electron chi connectivity index (χ2n) is 15.0. The molecule has 2 aliphatic rings. The molecule has 0 amide bonds. The highest BCUT2D eigenvalue weighted by Gasteiger charge is 2.45. The van der Waals surface area contributed by atoms with Gasteiger partial charge in [0, 0.05) is 27.3 Å². The molecular formula is C51H37N3O. The van der Waals surface area contributed by atoms with E-state index in [1.54, 1.807) is 0 Å². The average molecular weight is 708 g/mol. The number of aromatic nitrogens is 3. The maximum absolute atomic E-state index is 6.41. The third-order valence-electron chi connectivity index (χ3n) is 11.9. The zero-order valence-corrected chi connectivity index (χ0v) is 30.4. The minimum atomic E-state index is 0.0936. The maximum atomic E-state index is 6.41. The summed E-state index contributed by atoms with van der Waals surface area (Å²) in [5, 5.41) is 2.12. The fraction of sp³-hybridized carbons (Fsp3) is 0.118. The SMILES string of the molecule is c1ccc(-c2nc(-c3ccc(-c4cccc(-c5cccc6c5C5(CCCCC5)c5ccccc5-6)c4)cc3)nc(-c3cccc4c3oc3ccccc34)n2)cc1. The first-order valence-electron chi connectivity index (χ1n) is 19.4. The Hall–Kier alpha value is -6.65. The van der Waals surface area contributed by atoms with Gasteiger partial charge in [-0.25, -0.2) is 15.0 Å². The van der Waals surface area contributed by atoms with E-state index in [1.807, 2.05) is 60.7 Å². The quantitative estimate of drug-likeness (QED) is 0.179. The zero-order valence-electron chi connectivity index (χ0n) is 30.4. The molecule has 0 N–H and O–H groups in total. The number of furan rings is 1. The van der Waals surface area contributed by atoms with Crippen LogP contribution in [0.5, 0.6) is 0 Å². The highest BCUT2D eigenvalue weighted by atomic mass is 16.3. The number of rotatable bonds is 5. The van der Waals surface area contributed by atoms with Crippen molar-refractivity contribution in [2.75, 3.05) is 0 Å². The van der Waals surface area contributed by atoms with Crippen molar-refractivity contribution < 1.29 is 4.42 Å². The van der Waals surface area contributed by atoms with Crippen LogP contribution >= 0.6 is 0 Å². The standard InChI is InChI=1S/C51H37N3O/c1-3-14-34(15-4-1)48-52-49(54-50(53-48)43-23-13-22-42-40-19-6-8-25-45(40)55-47(42)43)35-28-26-33(27-29-35)36-16-11-17-37(32-36)38-20-12-21-41-39-18-5-7-24-44(39)51(46(38)41)30-9-2-10-31-51/h1,3-8,11-29,32H,2,9-10,30-31H2. The molecule has 2 aromatic heterocycles. The fourth-order valence-corrected chi connectivity index (χ4v) is 9.42. The van der Waals surface area contributed by atoms with Crippen molar-refractivity contribution in [2.45, 2.75) is 37.5 Å². The van der Waals surface area contributed by atoms with Gasteiger partial charge in [-0.2, -0.15) is 0 Å². The van der Waals surface area contributed by atoms with Gasteiger partial charge in [-0.15, -0.1) is 0 Å². The normalized spacial score (nSPS) is 14.3. The summed E-state index contributed by atoms with van der Waals surface area (Å²) in [6, 6.07) is 58.2. The number of hydrogen-bond acceptors (Lipinski definition) is 4.